The molecule has 0 fully saturated rings. The number of aromatic amines is 1. The molecule has 19 N–H and O–H groups in total. The number of aromatic nitrogens is 1. The third-order valence-corrected chi connectivity index (χ3v) is 24.9. The topological polar surface area (TPSA) is 492 Å². The number of benzene rings is 2. The van der Waals surface area contributed by atoms with Gasteiger partial charge in [-0.2, -0.15) is 0 Å². The fraction of sp³-hybridized carbons (Fsp3) is 0.721. The molecule has 15 amide bonds. The summed E-state index contributed by atoms with van der Waals surface area (Å²) in [6.45, 7) is 26.1. The summed E-state index contributed by atoms with van der Waals surface area (Å²) >= 11 is 0. The Balaban J connectivity index is -0.0000409. The number of primary amides is 1. The van der Waals surface area contributed by atoms with Gasteiger partial charge in [-0.1, -0.05) is 138 Å². The summed E-state index contributed by atoms with van der Waals surface area (Å²) in [5.41, 5.74) is 14.4. The molecule has 1 heterocycles. The smallest absolute Gasteiger partial charge is 0.243 e. The molecule has 0 aliphatic carbocycles. The maximum Gasteiger partial charge on any atom is 0.243 e. The number of unbranched alkanes of at least 4 members (excludes halogenated alkanes) is 5. The average Bonchev–Trinajstić information content (AvgIpc) is 1.67. The lowest BCUT2D eigenvalue weighted by Crippen LogP contribution is -3.00. The first-order valence-corrected chi connectivity index (χ1v) is 51.3. The number of rotatable bonds is 68. The minimum absolute atomic E-state index is 0. The molecule has 838 valence electrons. The first-order valence-electron chi connectivity index (χ1n) is 51.3. The number of carbonyl (C=O) groups is 15. The van der Waals surface area contributed by atoms with Crippen molar-refractivity contribution in [1.29, 1.82) is 0 Å². The molecule has 1 aromatic heterocycles. The van der Waals surface area contributed by atoms with Crippen LogP contribution in [0.1, 0.15) is 223 Å². The minimum atomic E-state index is -1.36. The van der Waals surface area contributed by atoms with E-state index in [-0.39, 0.29) is 138 Å². The van der Waals surface area contributed by atoms with Gasteiger partial charge in [-0.05, 0) is 175 Å². The van der Waals surface area contributed by atoms with Crippen LogP contribution in [0.15, 0.2) is 60.8 Å². The summed E-state index contributed by atoms with van der Waals surface area (Å²) < 4.78 is 3.22. The number of nitrogens with zero attached hydrogens (tertiary/aromatic N) is 5. The number of H-pyrrole nitrogens is 1. The Bertz CT molecular complexity index is 4480. The standard InChI is InChI=1S/C104H182N22O15.5ClH/c1-29-71(12)90(102(139)108-65-87(127)109-72(13)92(129)119-88(69(8)9)104(141)118-84(61-68(6)7)98(135)113-80(52-38-43-57-125(23,24)25)96(133)120-89(70(10)11)103(140)114-82(91(106)128)59-66(2)3)121-97(134)81(53-39-44-58-126(26,27)28)110-94(131)78(50-36-41-55-123(17,18)19)111-100(137)85(62-73-45-31-30-32-46-73)117-99(136)83(60-67(4)5)116-95(132)79(51-37-42-56-124(20,21)22)112-101(138)86(63-74-64-107-77-49-34-33-47-75(74)77)115-93(130)76(105)48-35-40-54-122(14,15)16;;;;;/h30-34,45-47,49,64,66-72,76,78-86,88-90,107H,29,35-44,48,50-63,65,105H2,1-28H3,(H11-5,106,108,109,110,111,112,113,114,115,116,117,118,119,120,121,127,128,129,130,131,132,133,134,135,136,137,138,139,140,141);5*1H/t71-,72-,76-,78-,79-,80-,81-,82-,83-,84-,85-,86-,88-,89-,90-;;;;;/m0...../s1. The SMILES string of the molecule is CC[C@H](C)[C@H](NC(=O)[C@H](CCCC[N+](C)(C)C)NC(=O)[C@H](CCCC[N+](C)(C)C)NC(=O)[C@H](Cc1ccccc1)NC(=O)[C@H](CC(C)C)NC(=O)[C@H](CCCC[N+](C)(C)C)NC(=O)[C@H](Cc1c[nH]c2ccccc12)NC(=O)[C@@H](N)CCCC[N+](C)(C)C)C(=O)NCC(=O)N[C@@H](C)C(=O)N[C@H](C(=O)N[C@@H](CC(C)C)C(=O)N[C@@H](CCCC[N+](C)(C)C)C(=O)N[C@H](C(=O)N[C@@H](CC(C)C)C(N)=O)C(C)C)C(C)C.[Cl-].[Cl-].[Cl-].[Cl-].[Cl-]. The highest BCUT2D eigenvalue weighted by Gasteiger charge is 2.40. The lowest BCUT2D eigenvalue weighted by molar-refractivity contribution is -0.870. The van der Waals surface area contributed by atoms with E-state index in [0.29, 0.717) is 107 Å². The lowest BCUT2D eigenvalue weighted by atomic mass is 9.97. The Hall–Kier alpha value is -8.76. The molecule has 146 heavy (non-hydrogen) atoms. The molecule has 0 aliphatic rings. The van der Waals surface area contributed by atoms with Crippen molar-refractivity contribution in [3.05, 3.63) is 71.9 Å². The summed E-state index contributed by atoms with van der Waals surface area (Å²) in [6, 6.07) is -0.306. The molecular formula is C104H187Cl5N22O15. The van der Waals surface area contributed by atoms with E-state index in [0.717, 1.165) is 47.0 Å². The Morgan fingerprint density at radius 2 is 0.616 bits per heavy atom. The van der Waals surface area contributed by atoms with Crippen molar-refractivity contribution < 1.29 is 156 Å². The number of hydrogen-bond donors (Lipinski definition) is 17. The zero-order chi connectivity index (χ0) is 107. The molecule has 0 aliphatic heterocycles. The second kappa shape index (κ2) is 68.9. The number of amides is 15. The number of carbonyl (C=O) groups excluding carboxylic acids is 15. The predicted octanol–water partition coefficient (Wildman–Crippen LogP) is -10.9. The first kappa shape index (κ1) is 141. The molecular weight excluding hydrogens is 1970 g/mol. The largest absolute Gasteiger partial charge is 1.00 e. The third kappa shape index (κ3) is 57.3. The van der Waals surface area contributed by atoms with Crippen LogP contribution in [-0.2, 0) is 84.8 Å². The van der Waals surface area contributed by atoms with Crippen LogP contribution in [0.5, 0.6) is 0 Å². The summed E-state index contributed by atoms with van der Waals surface area (Å²) in [5.74, 6) is -12.5. The van der Waals surface area contributed by atoms with E-state index in [2.05, 4.69) is 122 Å². The van der Waals surface area contributed by atoms with Gasteiger partial charge in [-0.15, -0.1) is 0 Å². The van der Waals surface area contributed by atoms with Gasteiger partial charge in [0.05, 0.1) is 151 Å². The lowest BCUT2D eigenvalue weighted by Gasteiger charge is -2.30. The van der Waals surface area contributed by atoms with E-state index in [1.165, 1.54) is 6.92 Å². The summed E-state index contributed by atoms with van der Waals surface area (Å²) in [4.78, 5) is 221. The van der Waals surface area contributed by atoms with Crippen LogP contribution < -0.4 is 148 Å². The monoisotopic (exact) mass is 2160 g/mol. The number of halogens is 5. The van der Waals surface area contributed by atoms with Crippen molar-refractivity contribution in [1.82, 2.24) is 79.4 Å². The maximum absolute atomic E-state index is 15.5. The maximum atomic E-state index is 15.5. The minimum Gasteiger partial charge on any atom is -1.00 e. The Morgan fingerprint density at radius 1 is 0.315 bits per heavy atom. The number of nitrogens with two attached hydrogens (primary N) is 2. The highest BCUT2D eigenvalue weighted by atomic mass is 35.5. The molecule has 42 heteroatoms. The van der Waals surface area contributed by atoms with E-state index in [9.17, 15) is 43.2 Å². The van der Waals surface area contributed by atoms with Crippen LogP contribution in [0.2, 0.25) is 0 Å². The fourth-order valence-corrected chi connectivity index (χ4v) is 16.4. The zero-order valence-electron chi connectivity index (χ0n) is 92.8. The van der Waals surface area contributed by atoms with Crippen LogP contribution in [0.4, 0.5) is 0 Å². The second-order valence-corrected chi connectivity index (χ2v) is 46.1. The van der Waals surface area contributed by atoms with Gasteiger partial charge in [0.25, 0.3) is 0 Å². The molecule has 0 unspecified atom stereocenters. The van der Waals surface area contributed by atoms with Crippen molar-refractivity contribution >= 4 is 99.5 Å². The van der Waals surface area contributed by atoms with Crippen LogP contribution >= 0.6 is 0 Å². The van der Waals surface area contributed by atoms with Crippen LogP contribution in [-0.4, -0.2) is 346 Å². The van der Waals surface area contributed by atoms with Gasteiger partial charge in [-0.3, -0.25) is 71.9 Å². The highest BCUT2D eigenvalue weighted by Crippen LogP contribution is 2.23. The van der Waals surface area contributed by atoms with E-state index < -0.39 is 197 Å². The van der Waals surface area contributed by atoms with Crippen molar-refractivity contribution in [2.24, 2.45) is 47.0 Å². The van der Waals surface area contributed by atoms with Gasteiger partial charge < -0.3 is 175 Å². The predicted molar refractivity (Wildman–Crippen MR) is 554 cm³/mol. The van der Waals surface area contributed by atoms with Gasteiger partial charge in [0.15, 0.2) is 0 Å². The van der Waals surface area contributed by atoms with Crippen molar-refractivity contribution in [2.45, 2.75) is 309 Å². The molecule has 0 spiro atoms. The second-order valence-electron chi connectivity index (χ2n) is 46.1. The number of nitrogens with one attached hydrogen (secondary N) is 15. The van der Waals surface area contributed by atoms with Gasteiger partial charge in [0, 0.05) is 29.9 Å². The quantitative estimate of drug-likeness (QED) is 0.0184. The first-order chi connectivity index (χ1) is 65.5. The normalized spacial score (nSPS) is 14.9. The molecule has 0 saturated heterocycles. The number of hydrogen-bond acceptors (Lipinski definition) is 16. The molecule has 2 aromatic carbocycles. The molecule has 0 radical (unpaired) electrons. The third-order valence-electron chi connectivity index (χ3n) is 24.9. The van der Waals surface area contributed by atoms with Gasteiger partial charge in [-0.25, -0.2) is 0 Å². The van der Waals surface area contributed by atoms with Crippen molar-refractivity contribution in [3.8, 4) is 0 Å². The number of fused-ring (bicyclic) bond motifs is 1. The van der Waals surface area contributed by atoms with E-state index in [1.54, 1.807) is 65.1 Å². The molecule has 3 aromatic rings. The van der Waals surface area contributed by atoms with E-state index >= 15 is 28.8 Å². The van der Waals surface area contributed by atoms with E-state index in [4.69, 9.17) is 11.5 Å². The van der Waals surface area contributed by atoms with Gasteiger partial charge >= 0.3 is 0 Å². The van der Waals surface area contributed by atoms with Gasteiger partial charge in [0.1, 0.15) is 78.5 Å². The van der Waals surface area contributed by atoms with Crippen LogP contribution in [0.25, 0.3) is 10.9 Å². The van der Waals surface area contributed by atoms with Crippen molar-refractivity contribution in [2.75, 3.05) is 145 Å². The zero-order valence-corrected chi connectivity index (χ0v) is 96.6. The molecule has 0 saturated carbocycles. The van der Waals surface area contributed by atoms with Crippen LogP contribution in [0.3, 0.4) is 0 Å². The average molecular weight is 2160 g/mol. The molecule has 37 nitrogen and oxygen atoms in total. The van der Waals surface area contributed by atoms with Gasteiger partial charge in [0.2, 0.25) is 88.6 Å². The van der Waals surface area contributed by atoms with E-state index in [1.807, 2.05) is 142 Å². The molecule has 0 bridgehead atoms. The number of quaternary nitrogens is 5. The van der Waals surface area contributed by atoms with Crippen LogP contribution in [0, 0.1) is 35.5 Å². The van der Waals surface area contributed by atoms with Crippen molar-refractivity contribution in [3.63, 3.8) is 0 Å². The Morgan fingerprint density at radius 3 is 0.986 bits per heavy atom. The molecule has 3 rings (SSSR count). The molecule has 15 atom stereocenters. The fourth-order valence-electron chi connectivity index (χ4n) is 16.4. The Labute approximate surface area is 903 Å². The number of para-hydroxylation sites is 1. The Kier molecular flexibility index (Phi) is 66.7. The summed E-state index contributed by atoms with van der Waals surface area (Å²) in [6.07, 6.45) is 9.50. The summed E-state index contributed by atoms with van der Waals surface area (Å²) in [5, 5.41) is 40.6. The highest BCUT2D eigenvalue weighted by molar-refractivity contribution is 6.01. The summed E-state index contributed by atoms with van der Waals surface area (Å²) in [7, 11) is 30.7.